The number of rotatable bonds is 6. The Kier molecular flexibility index (Phi) is 4.11. The van der Waals surface area contributed by atoms with E-state index in [4.69, 9.17) is 10.5 Å². The van der Waals surface area contributed by atoms with Crippen molar-refractivity contribution in [2.24, 2.45) is 5.73 Å². The van der Waals surface area contributed by atoms with Gasteiger partial charge in [0.2, 0.25) is 0 Å². The summed E-state index contributed by atoms with van der Waals surface area (Å²) in [6.45, 7) is 1.82. The van der Waals surface area contributed by atoms with Crippen LogP contribution in [0, 0.1) is 0 Å². The summed E-state index contributed by atoms with van der Waals surface area (Å²) in [6, 6.07) is 14.9. The average Bonchev–Trinajstić information content (AvgIpc) is 2.85. The molecule has 0 saturated heterocycles. The molecule has 0 amide bonds. The topological polar surface area (TPSA) is 40.2 Å². The molecule has 0 aliphatic carbocycles. The molecule has 1 heterocycles. The van der Waals surface area contributed by atoms with Crippen LogP contribution in [-0.2, 0) is 6.54 Å². The van der Waals surface area contributed by atoms with Gasteiger partial charge in [0.25, 0.3) is 0 Å². The van der Waals surface area contributed by atoms with Crippen molar-refractivity contribution >= 4 is 21.8 Å². The molecule has 3 heteroatoms. The predicted molar refractivity (Wildman–Crippen MR) is 88.9 cm³/mol. The highest BCUT2D eigenvalue weighted by molar-refractivity contribution is 6.08. The van der Waals surface area contributed by atoms with Gasteiger partial charge in [0.05, 0.1) is 7.11 Å². The molecule has 2 N–H and O–H groups in total. The average molecular weight is 282 g/mol. The maximum Gasteiger partial charge on any atom is 0.119 e. The van der Waals surface area contributed by atoms with Gasteiger partial charge in [0, 0.05) is 28.4 Å². The van der Waals surface area contributed by atoms with Crippen LogP contribution in [0.5, 0.6) is 5.75 Å². The summed E-state index contributed by atoms with van der Waals surface area (Å²) in [6.07, 6.45) is 3.45. The maximum absolute atomic E-state index is 5.58. The highest BCUT2D eigenvalue weighted by Crippen LogP contribution is 2.31. The number of aromatic nitrogens is 1. The minimum Gasteiger partial charge on any atom is -0.497 e. The van der Waals surface area contributed by atoms with E-state index in [0.29, 0.717) is 0 Å². The minimum atomic E-state index is 0.782. The van der Waals surface area contributed by atoms with E-state index in [9.17, 15) is 0 Å². The zero-order valence-electron chi connectivity index (χ0n) is 12.5. The van der Waals surface area contributed by atoms with Gasteiger partial charge in [-0.3, -0.25) is 0 Å². The molecule has 3 nitrogen and oxygen atoms in total. The largest absolute Gasteiger partial charge is 0.497 e. The van der Waals surface area contributed by atoms with Gasteiger partial charge < -0.3 is 15.0 Å². The van der Waals surface area contributed by atoms with Crippen LogP contribution in [-0.4, -0.2) is 18.2 Å². The second-order valence-corrected chi connectivity index (χ2v) is 5.40. The molecule has 1 aromatic heterocycles. The van der Waals surface area contributed by atoms with Crippen molar-refractivity contribution in [3.63, 3.8) is 0 Å². The third-order valence-corrected chi connectivity index (χ3v) is 4.07. The Bertz CT molecular complexity index is 745. The molecule has 3 aromatic rings. The lowest BCUT2D eigenvalue weighted by Crippen LogP contribution is -2.01. The molecule has 21 heavy (non-hydrogen) atoms. The SMILES string of the molecule is COc1ccc2c(c1)c1ccccc1n2CCCCCN. The van der Waals surface area contributed by atoms with Crippen molar-refractivity contribution in [2.45, 2.75) is 25.8 Å². The summed E-state index contributed by atoms with van der Waals surface area (Å²) in [5.41, 5.74) is 8.16. The van der Waals surface area contributed by atoms with Gasteiger partial charge in [-0.15, -0.1) is 0 Å². The number of para-hydroxylation sites is 1. The Morgan fingerprint density at radius 1 is 0.952 bits per heavy atom. The summed E-state index contributed by atoms with van der Waals surface area (Å²) < 4.78 is 7.79. The molecule has 0 aliphatic rings. The first-order chi connectivity index (χ1) is 10.3. The highest BCUT2D eigenvalue weighted by Gasteiger charge is 2.10. The van der Waals surface area contributed by atoms with Gasteiger partial charge in [0.15, 0.2) is 0 Å². The van der Waals surface area contributed by atoms with Crippen molar-refractivity contribution in [2.75, 3.05) is 13.7 Å². The van der Waals surface area contributed by atoms with Crippen LogP contribution in [0.2, 0.25) is 0 Å². The molecule has 0 bridgehead atoms. The third-order valence-electron chi connectivity index (χ3n) is 4.07. The number of nitrogens with two attached hydrogens (primary N) is 1. The van der Waals surface area contributed by atoms with Crippen LogP contribution in [0.15, 0.2) is 42.5 Å². The second kappa shape index (κ2) is 6.19. The number of ether oxygens (including phenoxy) is 1. The summed E-state index contributed by atoms with van der Waals surface area (Å²) in [4.78, 5) is 0. The van der Waals surface area contributed by atoms with Crippen molar-refractivity contribution < 1.29 is 4.74 Å². The van der Waals surface area contributed by atoms with Crippen molar-refractivity contribution in [1.29, 1.82) is 0 Å². The van der Waals surface area contributed by atoms with Crippen LogP contribution in [0.25, 0.3) is 21.8 Å². The maximum atomic E-state index is 5.58. The van der Waals surface area contributed by atoms with E-state index >= 15 is 0 Å². The van der Waals surface area contributed by atoms with Gasteiger partial charge in [-0.2, -0.15) is 0 Å². The van der Waals surface area contributed by atoms with E-state index < -0.39 is 0 Å². The van der Waals surface area contributed by atoms with Gasteiger partial charge in [-0.05, 0) is 43.7 Å². The quantitative estimate of drug-likeness (QED) is 0.696. The van der Waals surface area contributed by atoms with Gasteiger partial charge in [-0.25, -0.2) is 0 Å². The fourth-order valence-corrected chi connectivity index (χ4v) is 2.99. The first-order valence-corrected chi connectivity index (χ1v) is 7.60. The lowest BCUT2D eigenvalue weighted by atomic mass is 10.1. The van der Waals surface area contributed by atoms with E-state index in [1.807, 2.05) is 6.07 Å². The van der Waals surface area contributed by atoms with Crippen LogP contribution < -0.4 is 10.5 Å². The van der Waals surface area contributed by atoms with E-state index in [1.165, 1.54) is 28.2 Å². The number of unbranched alkanes of at least 4 members (excludes halogenated alkanes) is 2. The van der Waals surface area contributed by atoms with Gasteiger partial charge >= 0.3 is 0 Å². The normalized spacial score (nSPS) is 11.3. The molecule has 0 fully saturated rings. The van der Waals surface area contributed by atoms with Crippen molar-refractivity contribution in [3.05, 3.63) is 42.5 Å². The number of benzene rings is 2. The molecule has 0 saturated carbocycles. The standard InChI is InChI=1S/C18H22N2O/c1-21-14-9-10-18-16(13-14)15-7-3-4-8-17(15)20(18)12-6-2-5-11-19/h3-4,7-10,13H,2,5-6,11-12,19H2,1H3. The first kappa shape index (κ1) is 14.0. The second-order valence-electron chi connectivity index (χ2n) is 5.40. The van der Waals surface area contributed by atoms with Crippen LogP contribution >= 0.6 is 0 Å². The van der Waals surface area contributed by atoms with E-state index in [1.54, 1.807) is 7.11 Å². The molecule has 0 aliphatic heterocycles. The number of hydrogen-bond donors (Lipinski definition) is 1. The Hall–Kier alpha value is -2.00. The van der Waals surface area contributed by atoms with Crippen LogP contribution in [0.3, 0.4) is 0 Å². The summed E-state index contributed by atoms with van der Waals surface area (Å²) >= 11 is 0. The van der Waals surface area contributed by atoms with E-state index in [-0.39, 0.29) is 0 Å². The zero-order chi connectivity index (χ0) is 14.7. The van der Waals surface area contributed by atoms with E-state index in [0.717, 1.165) is 31.7 Å². The van der Waals surface area contributed by atoms with Crippen molar-refractivity contribution in [1.82, 2.24) is 4.57 Å². The number of hydrogen-bond acceptors (Lipinski definition) is 2. The smallest absolute Gasteiger partial charge is 0.119 e. The van der Waals surface area contributed by atoms with Gasteiger partial charge in [-0.1, -0.05) is 24.6 Å². The minimum absolute atomic E-state index is 0.782. The van der Waals surface area contributed by atoms with Crippen LogP contribution in [0.4, 0.5) is 0 Å². The predicted octanol–water partition coefficient (Wildman–Crippen LogP) is 3.93. The Labute approximate surface area is 125 Å². The Morgan fingerprint density at radius 3 is 2.57 bits per heavy atom. The van der Waals surface area contributed by atoms with Crippen LogP contribution in [0.1, 0.15) is 19.3 Å². The summed E-state index contributed by atoms with van der Waals surface area (Å²) in [5.74, 6) is 0.911. The molecular weight excluding hydrogens is 260 g/mol. The Morgan fingerprint density at radius 2 is 1.76 bits per heavy atom. The summed E-state index contributed by atoms with van der Waals surface area (Å²) in [7, 11) is 1.72. The number of nitrogens with zero attached hydrogens (tertiary/aromatic N) is 1. The number of fused-ring (bicyclic) bond motifs is 3. The monoisotopic (exact) mass is 282 g/mol. The Balaban J connectivity index is 2.07. The highest BCUT2D eigenvalue weighted by atomic mass is 16.5. The lowest BCUT2D eigenvalue weighted by molar-refractivity contribution is 0.415. The number of aryl methyl sites for hydroxylation is 1. The zero-order valence-corrected chi connectivity index (χ0v) is 12.5. The lowest BCUT2D eigenvalue weighted by Gasteiger charge is -2.07. The molecule has 110 valence electrons. The number of methoxy groups -OCH3 is 1. The molecule has 0 spiro atoms. The first-order valence-electron chi connectivity index (χ1n) is 7.60. The third kappa shape index (κ3) is 2.61. The van der Waals surface area contributed by atoms with Crippen molar-refractivity contribution in [3.8, 4) is 5.75 Å². The fourth-order valence-electron chi connectivity index (χ4n) is 2.99. The fraction of sp³-hybridized carbons (Fsp3) is 0.333. The molecule has 2 aromatic carbocycles. The van der Waals surface area contributed by atoms with E-state index in [2.05, 4.69) is 41.0 Å². The molecule has 0 unspecified atom stereocenters. The summed E-state index contributed by atoms with van der Waals surface area (Å²) in [5, 5.41) is 2.56. The van der Waals surface area contributed by atoms with Gasteiger partial charge in [0.1, 0.15) is 5.75 Å². The molecular formula is C18H22N2O. The molecule has 0 radical (unpaired) electrons. The molecule has 3 rings (SSSR count). The molecule has 0 atom stereocenters.